The topological polar surface area (TPSA) is 122 Å². The second-order valence-corrected chi connectivity index (χ2v) is 7.86. The molecule has 1 amide bonds. The van der Waals surface area contributed by atoms with Crippen LogP contribution in [0, 0.1) is 5.92 Å². The first kappa shape index (κ1) is 27.0. The van der Waals surface area contributed by atoms with Gasteiger partial charge >= 0.3 is 11.9 Å². The number of aliphatic carboxylic acids is 2. The van der Waals surface area contributed by atoms with Gasteiger partial charge in [-0.15, -0.1) is 0 Å². The minimum Gasteiger partial charge on any atom is -0.490 e. The van der Waals surface area contributed by atoms with Crippen LogP contribution < -0.4 is 14.8 Å². The zero-order chi connectivity index (χ0) is 23.8. The van der Waals surface area contributed by atoms with E-state index in [9.17, 15) is 14.4 Å². The maximum absolute atomic E-state index is 12.1. The van der Waals surface area contributed by atoms with Crippen molar-refractivity contribution in [3.05, 3.63) is 35.9 Å². The van der Waals surface area contributed by atoms with Gasteiger partial charge in [0.2, 0.25) is 5.91 Å². The van der Waals surface area contributed by atoms with E-state index in [2.05, 4.69) is 31.3 Å². The number of hydrogen-bond acceptors (Lipinski definition) is 5. The molecule has 0 aromatic heterocycles. The van der Waals surface area contributed by atoms with Gasteiger partial charge in [0.05, 0.1) is 6.61 Å². The molecule has 0 unspecified atom stereocenters. The van der Waals surface area contributed by atoms with Gasteiger partial charge in [-0.25, -0.2) is 4.79 Å². The van der Waals surface area contributed by atoms with Crippen LogP contribution in [0.5, 0.6) is 11.5 Å². The molecule has 0 bridgehead atoms. The van der Waals surface area contributed by atoms with E-state index in [1.165, 1.54) is 0 Å². The van der Waals surface area contributed by atoms with Crippen LogP contribution in [-0.4, -0.2) is 41.3 Å². The Balaban J connectivity index is 2.53. The highest BCUT2D eigenvalue weighted by Gasteiger charge is 2.10. The highest BCUT2D eigenvalue weighted by atomic mass is 16.5. The van der Waals surface area contributed by atoms with Crippen molar-refractivity contribution in [1.29, 1.82) is 0 Å². The summed E-state index contributed by atoms with van der Waals surface area (Å²) < 4.78 is 11.0. The molecular weight excluding hydrogens is 414 g/mol. The number of nitrogens with one attached hydrogen (secondary N) is 1. The number of hydrogen-bond donors (Lipinski definition) is 3. The van der Waals surface area contributed by atoms with Gasteiger partial charge in [-0.05, 0) is 55.7 Å². The lowest BCUT2D eigenvalue weighted by molar-refractivity contribution is -0.139. The second kappa shape index (κ2) is 15.7. The van der Waals surface area contributed by atoms with Crippen LogP contribution in [0.15, 0.2) is 30.4 Å². The van der Waals surface area contributed by atoms with Gasteiger partial charge in [-0.2, -0.15) is 0 Å². The lowest BCUT2D eigenvalue weighted by Gasteiger charge is -2.14. The first-order valence-corrected chi connectivity index (χ1v) is 11.0. The fourth-order valence-electron chi connectivity index (χ4n) is 2.80. The molecule has 0 saturated carbocycles. The molecule has 0 heterocycles. The van der Waals surface area contributed by atoms with Crippen LogP contribution in [0.25, 0.3) is 0 Å². The number of carbonyl (C=O) groups excluding carboxylic acids is 1. The molecule has 32 heavy (non-hydrogen) atoms. The molecule has 0 atom stereocenters. The van der Waals surface area contributed by atoms with Crippen molar-refractivity contribution in [3.63, 3.8) is 0 Å². The first-order chi connectivity index (χ1) is 15.3. The molecule has 1 rings (SSSR count). The minimum atomic E-state index is -1.10. The normalized spacial score (nSPS) is 11.0. The number of amides is 1. The highest BCUT2D eigenvalue weighted by molar-refractivity contribution is 5.75. The molecule has 8 heteroatoms. The van der Waals surface area contributed by atoms with Crippen molar-refractivity contribution in [2.75, 3.05) is 13.2 Å². The SMILES string of the molecule is CC(C)/C=C/CCCCC(=O)NCc1ccc(OCC(=O)O)c(OCCCCC(=O)O)c1. The third-order valence-corrected chi connectivity index (χ3v) is 4.44. The number of allylic oxidation sites excluding steroid dienone is 2. The lowest BCUT2D eigenvalue weighted by atomic mass is 10.1. The molecule has 0 aliphatic carbocycles. The molecule has 8 nitrogen and oxygen atoms in total. The maximum atomic E-state index is 12.1. The van der Waals surface area contributed by atoms with Gasteiger partial charge in [-0.3, -0.25) is 9.59 Å². The van der Waals surface area contributed by atoms with Gasteiger partial charge in [0, 0.05) is 19.4 Å². The zero-order valence-corrected chi connectivity index (χ0v) is 19.0. The van der Waals surface area contributed by atoms with Crippen LogP contribution >= 0.6 is 0 Å². The molecule has 0 spiro atoms. The largest absolute Gasteiger partial charge is 0.490 e. The minimum absolute atomic E-state index is 0.0276. The number of benzene rings is 1. The number of ether oxygens (including phenoxy) is 2. The molecular formula is C24H35NO7. The fourth-order valence-corrected chi connectivity index (χ4v) is 2.80. The molecule has 0 aliphatic rings. The Morgan fingerprint density at radius 2 is 1.72 bits per heavy atom. The van der Waals surface area contributed by atoms with E-state index >= 15 is 0 Å². The van der Waals surface area contributed by atoms with Gasteiger partial charge < -0.3 is 25.0 Å². The Labute approximate surface area is 189 Å². The molecule has 178 valence electrons. The summed E-state index contributed by atoms with van der Waals surface area (Å²) >= 11 is 0. The Kier molecular flexibility index (Phi) is 13.3. The lowest BCUT2D eigenvalue weighted by Crippen LogP contribution is -2.22. The standard InChI is InChI=1S/C24H35NO7/c1-18(2)9-5-3-4-6-10-22(26)25-16-19-12-13-20(32-17-24(29)30)21(15-19)31-14-8-7-11-23(27)28/h5,9,12-13,15,18H,3-4,6-8,10-11,14,16-17H2,1-2H3,(H,25,26)(H,27,28)(H,29,30)/b9-5+. The number of carboxylic acids is 2. The van der Waals surface area contributed by atoms with E-state index in [0.717, 1.165) is 24.8 Å². The maximum Gasteiger partial charge on any atom is 0.341 e. The summed E-state index contributed by atoms with van der Waals surface area (Å²) in [7, 11) is 0. The average molecular weight is 450 g/mol. The van der Waals surface area contributed by atoms with Crippen LogP contribution in [0.4, 0.5) is 0 Å². The van der Waals surface area contributed by atoms with Crippen molar-refractivity contribution in [2.24, 2.45) is 5.92 Å². The molecule has 3 N–H and O–H groups in total. The van der Waals surface area contributed by atoms with Crippen molar-refractivity contribution in [1.82, 2.24) is 5.32 Å². The molecule has 1 aromatic rings. The first-order valence-electron chi connectivity index (χ1n) is 11.0. The van der Waals surface area contributed by atoms with Crippen LogP contribution in [-0.2, 0) is 20.9 Å². The van der Waals surface area contributed by atoms with E-state index in [1.807, 2.05) is 0 Å². The predicted molar refractivity (Wildman–Crippen MR) is 121 cm³/mol. The number of rotatable bonds is 17. The summed E-state index contributed by atoms with van der Waals surface area (Å²) in [6, 6.07) is 5.05. The smallest absolute Gasteiger partial charge is 0.341 e. The van der Waals surface area contributed by atoms with Crippen molar-refractivity contribution < 1.29 is 34.1 Å². The monoisotopic (exact) mass is 449 g/mol. The average Bonchev–Trinajstić information content (AvgIpc) is 2.73. The van der Waals surface area contributed by atoms with Gasteiger partial charge in [0.1, 0.15) is 0 Å². The fraction of sp³-hybridized carbons (Fsp3) is 0.542. The summed E-state index contributed by atoms with van der Waals surface area (Å²) in [5.74, 6) is -0.799. The van der Waals surface area contributed by atoms with E-state index in [1.54, 1.807) is 18.2 Å². The third-order valence-electron chi connectivity index (χ3n) is 4.44. The van der Waals surface area contributed by atoms with Gasteiger partial charge in [0.15, 0.2) is 18.1 Å². The van der Waals surface area contributed by atoms with Crippen LogP contribution in [0.1, 0.15) is 64.4 Å². The summed E-state index contributed by atoms with van der Waals surface area (Å²) in [5, 5.41) is 20.4. The molecule has 0 aliphatic heterocycles. The predicted octanol–water partition coefficient (Wildman–Crippen LogP) is 4.17. The van der Waals surface area contributed by atoms with E-state index in [-0.39, 0.29) is 24.7 Å². The Hall–Kier alpha value is -3.03. The Bertz CT molecular complexity index is 759. The Morgan fingerprint density at radius 1 is 0.969 bits per heavy atom. The second-order valence-electron chi connectivity index (χ2n) is 7.86. The molecule has 0 saturated heterocycles. The van der Waals surface area contributed by atoms with Gasteiger partial charge in [0.25, 0.3) is 0 Å². The zero-order valence-electron chi connectivity index (χ0n) is 19.0. The summed E-state index contributed by atoms with van der Waals surface area (Å²) in [4.78, 5) is 33.5. The van der Waals surface area contributed by atoms with E-state index in [0.29, 0.717) is 37.5 Å². The number of carbonyl (C=O) groups is 3. The third kappa shape index (κ3) is 13.3. The van der Waals surface area contributed by atoms with Crippen molar-refractivity contribution in [3.8, 4) is 11.5 Å². The quantitative estimate of drug-likeness (QED) is 0.241. The Morgan fingerprint density at radius 3 is 2.41 bits per heavy atom. The van der Waals surface area contributed by atoms with Crippen LogP contribution in [0.3, 0.4) is 0 Å². The summed E-state index contributed by atoms with van der Waals surface area (Å²) in [6.45, 7) is 4.35. The van der Waals surface area contributed by atoms with Crippen molar-refractivity contribution >= 4 is 17.8 Å². The van der Waals surface area contributed by atoms with E-state index in [4.69, 9.17) is 19.7 Å². The summed E-state index contributed by atoms with van der Waals surface area (Å²) in [6.07, 6.45) is 8.61. The van der Waals surface area contributed by atoms with Crippen molar-refractivity contribution in [2.45, 2.75) is 65.3 Å². The van der Waals surface area contributed by atoms with Crippen LogP contribution in [0.2, 0.25) is 0 Å². The number of unbranched alkanes of at least 4 members (excludes halogenated alkanes) is 3. The van der Waals surface area contributed by atoms with Gasteiger partial charge in [-0.1, -0.05) is 32.1 Å². The van der Waals surface area contributed by atoms with E-state index < -0.39 is 18.5 Å². The highest BCUT2D eigenvalue weighted by Crippen LogP contribution is 2.29. The molecule has 1 aromatic carbocycles. The number of carboxylic acid groups (broad SMARTS) is 2. The molecule has 0 fully saturated rings. The summed E-state index contributed by atoms with van der Waals surface area (Å²) in [5.41, 5.74) is 0.793. The molecule has 0 radical (unpaired) electrons.